The van der Waals surface area contributed by atoms with E-state index in [9.17, 15) is 0 Å². The van der Waals surface area contributed by atoms with Crippen molar-refractivity contribution in [3.05, 3.63) is 0 Å². The summed E-state index contributed by atoms with van der Waals surface area (Å²) in [6, 6.07) is 0. The molecule has 0 aromatic carbocycles. The van der Waals surface area contributed by atoms with Crippen molar-refractivity contribution in [3.8, 4) is 0 Å². The van der Waals surface area contributed by atoms with Crippen LogP contribution < -0.4 is 5.32 Å². The maximum atomic E-state index is 3.33. The zero-order chi connectivity index (χ0) is 8.53. The maximum Gasteiger partial charge on any atom is 0.0107 e. The van der Waals surface area contributed by atoms with Gasteiger partial charge in [0.05, 0.1) is 0 Å². The van der Waals surface area contributed by atoms with Crippen molar-refractivity contribution in [1.82, 2.24) is 10.2 Å². The highest BCUT2D eigenvalue weighted by molar-refractivity contribution is 4.55. The van der Waals surface area contributed by atoms with Crippen LogP contribution in [0.3, 0.4) is 0 Å². The summed E-state index contributed by atoms with van der Waals surface area (Å²) < 4.78 is 0. The molecule has 0 aliphatic carbocycles. The Morgan fingerprint density at radius 2 is 1.82 bits per heavy atom. The van der Waals surface area contributed by atoms with E-state index >= 15 is 0 Å². The van der Waals surface area contributed by atoms with Crippen LogP contribution in [0.5, 0.6) is 0 Å². The van der Waals surface area contributed by atoms with Crippen molar-refractivity contribution in [3.63, 3.8) is 0 Å². The van der Waals surface area contributed by atoms with Gasteiger partial charge in [0, 0.05) is 13.1 Å². The highest BCUT2D eigenvalue weighted by Crippen LogP contribution is 1.88. The topological polar surface area (TPSA) is 15.3 Å². The third-order valence-electron chi connectivity index (χ3n) is 1.84. The van der Waals surface area contributed by atoms with Crippen molar-refractivity contribution in [1.29, 1.82) is 0 Å². The molecule has 68 valence electrons. The summed E-state index contributed by atoms with van der Waals surface area (Å²) in [5.74, 6) is 0. The van der Waals surface area contributed by atoms with Gasteiger partial charge in [-0.15, -0.1) is 0 Å². The smallest absolute Gasteiger partial charge is 0.0107 e. The molecule has 0 aliphatic rings. The van der Waals surface area contributed by atoms with Crippen LogP contribution in [0.4, 0.5) is 0 Å². The Kier molecular flexibility index (Phi) is 7.96. The Balaban J connectivity index is 3.20. The third-order valence-corrected chi connectivity index (χ3v) is 1.84. The molecule has 0 radical (unpaired) electrons. The summed E-state index contributed by atoms with van der Waals surface area (Å²) in [6.45, 7) is 12.4. The second-order valence-electron chi connectivity index (χ2n) is 2.79. The molecule has 0 aromatic rings. The van der Waals surface area contributed by atoms with Gasteiger partial charge in [0.1, 0.15) is 0 Å². The van der Waals surface area contributed by atoms with Crippen LogP contribution in [0.2, 0.25) is 0 Å². The predicted octanol–water partition coefficient (Wildman–Crippen LogP) is 1.33. The lowest BCUT2D eigenvalue weighted by Crippen LogP contribution is -2.32. The molecule has 0 amide bonds. The monoisotopic (exact) mass is 158 g/mol. The van der Waals surface area contributed by atoms with E-state index in [0.717, 1.165) is 13.1 Å². The van der Waals surface area contributed by atoms with Crippen molar-refractivity contribution in [2.24, 2.45) is 0 Å². The first-order valence-corrected chi connectivity index (χ1v) is 4.78. The van der Waals surface area contributed by atoms with Crippen LogP contribution in [0, 0.1) is 0 Å². The summed E-state index contributed by atoms with van der Waals surface area (Å²) in [7, 11) is 0. The summed E-state index contributed by atoms with van der Waals surface area (Å²) in [6.07, 6.45) is 1.26. The standard InChI is InChI=1S/C9H22N2/c1-4-8-11(6-3)9-7-10-5-2/h10H,4-9H2,1-3H3. The minimum absolute atomic E-state index is 1.09. The fourth-order valence-electron chi connectivity index (χ4n) is 1.16. The second-order valence-corrected chi connectivity index (χ2v) is 2.79. The molecule has 1 N–H and O–H groups in total. The minimum atomic E-state index is 1.09. The van der Waals surface area contributed by atoms with Gasteiger partial charge >= 0.3 is 0 Å². The number of hydrogen-bond donors (Lipinski definition) is 1. The van der Waals surface area contributed by atoms with E-state index in [4.69, 9.17) is 0 Å². The average Bonchev–Trinajstić information content (AvgIpc) is 2.03. The van der Waals surface area contributed by atoms with Gasteiger partial charge in [0.15, 0.2) is 0 Å². The van der Waals surface area contributed by atoms with Gasteiger partial charge in [-0.3, -0.25) is 0 Å². The molecule has 0 rings (SSSR count). The van der Waals surface area contributed by atoms with Gasteiger partial charge in [-0.25, -0.2) is 0 Å². The molecular formula is C9H22N2. The fourth-order valence-corrected chi connectivity index (χ4v) is 1.16. The first-order valence-electron chi connectivity index (χ1n) is 4.78. The molecule has 11 heavy (non-hydrogen) atoms. The summed E-state index contributed by atoms with van der Waals surface area (Å²) in [5, 5.41) is 3.33. The van der Waals surface area contributed by atoms with Gasteiger partial charge < -0.3 is 10.2 Å². The van der Waals surface area contributed by atoms with Crippen LogP contribution in [0.1, 0.15) is 27.2 Å². The molecule has 0 saturated heterocycles. The van der Waals surface area contributed by atoms with Crippen molar-refractivity contribution in [2.45, 2.75) is 27.2 Å². The maximum absolute atomic E-state index is 3.33. The molecule has 0 heterocycles. The van der Waals surface area contributed by atoms with Gasteiger partial charge in [-0.2, -0.15) is 0 Å². The second kappa shape index (κ2) is 8.02. The lowest BCUT2D eigenvalue weighted by atomic mass is 10.4. The van der Waals surface area contributed by atoms with Crippen LogP contribution in [-0.2, 0) is 0 Å². The lowest BCUT2D eigenvalue weighted by molar-refractivity contribution is 0.288. The molecule has 0 saturated carbocycles. The number of hydrogen-bond acceptors (Lipinski definition) is 2. The predicted molar refractivity (Wildman–Crippen MR) is 50.9 cm³/mol. The number of nitrogens with one attached hydrogen (secondary N) is 1. The van der Waals surface area contributed by atoms with Crippen LogP contribution >= 0.6 is 0 Å². The fraction of sp³-hybridized carbons (Fsp3) is 1.00. The Hall–Kier alpha value is -0.0800. The molecular weight excluding hydrogens is 136 g/mol. The van der Waals surface area contributed by atoms with Crippen molar-refractivity contribution >= 4 is 0 Å². The normalized spacial score (nSPS) is 10.9. The molecule has 0 bridgehead atoms. The Labute approximate surface area is 71.0 Å². The van der Waals surface area contributed by atoms with Gasteiger partial charge in [0.25, 0.3) is 0 Å². The van der Waals surface area contributed by atoms with Crippen molar-refractivity contribution < 1.29 is 0 Å². The molecule has 0 spiro atoms. The summed E-state index contributed by atoms with van der Waals surface area (Å²) >= 11 is 0. The quantitative estimate of drug-likeness (QED) is 0.562. The van der Waals surface area contributed by atoms with Crippen molar-refractivity contribution in [2.75, 3.05) is 32.7 Å². The van der Waals surface area contributed by atoms with E-state index in [-0.39, 0.29) is 0 Å². The van der Waals surface area contributed by atoms with E-state index in [0.29, 0.717) is 0 Å². The number of nitrogens with zero attached hydrogens (tertiary/aromatic N) is 1. The van der Waals surface area contributed by atoms with Gasteiger partial charge in [-0.05, 0) is 26.1 Å². The molecule has 2 nitrogen and oxygen atoms in total. The summed E-state index contributed by atoms with van der Waals surface area (Å²) in [5.41, 5.74) is 0. The van der Waals surface area contributed by atoms with Gasteiger partial charge in [-0.1, -0.05) is 20.8 Å². The van der Waals surface area contributed by atoms with E-state index in [1.807, 2.05) is 0 Å². The van der Waals surface area contributed by atoms with Crippen LogP contribution in [0.15, 0.2) is 0 Å². The Morgan fingerprint density at radius 3 is 2.27 bits per heavy atom. The number of likely N-dealkylation sites (N-methyl/N-ethyl adjacent to an activating group) is 2. The minimum Gasteiger partial charge on any atom is -0.316 e. The van der Waals surface area contributed by atoms with E-state index in [1.54, 1.807) is 0 Å². The molecule has 0 aromatic heterocycles. The number of rotatable bonds is 7. The zero-order valence-corrected chi connectivity index (χ0v) is 8.19. The van der Waals surface area contributed by atoms with E-state index in [2.05, 4.69) is 31.0 Å². The first-order chi connectivity index (χ1) is 5.35. The lowest BCUT2D eigenvalue weighted by Gasteiger charge is -2.19. The first kappa shape index (κ1) is 10.9. The Morgan fingerprint density at radius 1 is 1.09 bits per heavy atom. The largest absolute Gasteiger partial charge is 0.316 e. The highest BCUT2D eigenvalue weighted by atomic mass is 15.1. The molecule has 0 atom stereocenters. The SMILES string of the molecule is CCCN(CC)CCNCC. The van der Waals surface area contributed by atoms with Crippen LogP contribution in [0.25, 0.3) is 0 Å². The molecule has 0 unspecified atom stereocenters. The van der Waals surface area contributed by atoms with Crippen LogP contribution in [-0.4, -0.2) is 37.6 Å². The third kappa shape index (κ3) is 6.32. The van der Waals surface area contributed by atoms with Gasteiger partial charge in [0.2, 0.25) is 0 Å². The highest BCUT2D eigenvalue weighted by Gasteiger charge is 1.97. The summed E-state index contributed by atoms with van der Waals surface area (Å²) in [4.78, 5) is 2.47. The van der Waals surface area contributed by atoms with E-state index in [1.165, 1.54) is 26.1 Å². The van der Waals surface area contributed by atoms with E-state index < -0.39 is 0 Å². The molecule has 0 aliphatic heterocycles. The zero-order valence-electron chi connectivity index (χ0n) is 8.19. The molecule has 0 fully saturated rings. The molecule has 2 heteroatoms. The Bertz CT molecular complexity index is 74.0. The average molecular weight is 158 g/mol.